The van der Waals surface area contributed by atoms with E-state index < -0.39 is 0 Å². The summed E-state index contributed by atoms with van der Waals surface area (Å²) in [6.45, 7) is 14.5. The Bertz CT molecular complexity index is 1800. The van der Waals surface area contributed by atoms with E-state index in [9.17, 15) is 0 Å². The van der Waals surface area contributed by atoms with Gasteiger partial charge < -0.3 is 4.74 Å². The van der Waals surface area contributed by atoms with Crippen molar-refractivity contribution in [2.24, 2.45) is 0 Å². The van der Waals surface area contributed by atoms with Gasteiger partial charge in [-0.1, -0.05) is 45.0 Å². The Hall–Kier alpha value is -4.89. The molecule has 6 heteroatoms. The quantitative estimate of drug-likeness (QED) is 0.239. The zero-order chi connectivity index (χ0) is 25.6. The first kappa shape index (κ1) is 22.6. The highest BCUT2D eigenvalue weighted by atomic mass is 16.5. The molecule has 0 bridgehead atoms. The van der Waals surface area contributed by atoms with Gasteiger partial charge in [0.05, 0.1) is 23.3 Å². The number of pyridine rings is 1. The van der Waals surface area contributed by atoms with Crippen LogP contribution in [-0.4, -0.2) is 19.3 Å². The molecular weight excluding hydrogens is 458 g/mol. The molecule has 37 heavy (non-hydrogen) atoms. The standard InChI is InChI=1S/C31H25N5O/c1-31(2,3)21-13-15-33-30(17-21)36-27-12-6-5-11-24(27)25-19-26(32-4)29(20-28(25)36)37-23-10-7-9-22(18-23)35-16-8-14-34-35/h5-20H,1-3H3. The molecule has 6 aromatic rings. The van der Waals surface area contributed by atoms with Crippen LogP contribution in [-0.2, 0) is 5.41 Å². The van der Waals surface area contributed by atoms with E-state index in [0.717, 1.165) is 33.3 Å². The molecule has 0 atom stereocenters. The Morgan fingerprint density at radius 2 is 1.70 bits per heavy atom. The van der Waals surface area contributed by atoms with Crippen LogP contribution in [0.15, 0.2) is 97.5 Å². The third-order valence-electron chi connectivity index (χ3n) is 6.53. The van der Waals surface area contributed by atoms with Gasteiger partial charge in [-0.15, -0.1) is 0 Å². The highest BCUT2D eigenvalue weighted by Gasteiger charge is 2.19. The van der Waals surface area contributed by atoms with E-state index >= 15 is 0 Å². The molecule has 0 unspecified atom stereocenters. The predicted octanol–water partition coefficient (Wildman–Crippen LogP) is 8.00. The molecule has 0 saturated heterocycles. The van der Waals surface area contributed by atoms with Crippen molar-refractivity contribution in [3.8, 4) is 23.0 Å². The lowest BCUT2D eigenvalue weighted by Gasteiger charge is -2.20. The molecule has 0 radical (unpaired) electrons. The van der Waals surface area contributed by atoms with Crippen LogP contribution in [0.3, 0.4) is 0 Å². The van der Waals surface area contributed by atoms with Crippen LogP contribution in [0, 0.1) is 6.57 Å². The Labute approximate surface area is 215 Å². The van der Waals surface area contributed by atoms with Gasteiger partial charge in [0.2, 0.25) is 5.69 Å². The van der Waals surface area contributed by atoms with Crippen LogP contribution in [0.1, 0.15) is 26.3 Å². The second kappa shape index (κ2) is 8.65. The first-order chi connectivity index (χ1) is 17.9. The van der Waals surface area contributed by atoms with Crippen LogP contribution >= 0.6 is 0 Å². The molecule has 0 amide bonds. The van der Waals surface area contributed by atoms with E-state index in [1.54, 1.807) is 10.9 Å². The summed E-state index contributed by atoms with van der Waals surface area (Å²) < 4.78 is 10.3. The van der Waals surface area contributed by atoms with Gasteiger partial charge in [-0.2, -0.15) is 5.10 Å². The third kappa shape index (κ3) is 4.01. The van der Waals surface area contributed by atoms with E-state index in [-0.39, 0.29) is 5.41 Å². The van der Waals surface area contributed by atoms with Crippen molar-refractivity contribution in [2.45, 2.75) is 26.2 Å². The lowest BCUT2D eigenvalue weighted by Crippen LogP contribution is -2.12. The fourth-order valence-corrected chi connectivity index (χ4v) is 4.65. The van der Waals surface area contributed by atoms with Gasteiger partial charge in [-0.3, -0.25) is 4.57 Å². The second-order valence-electron chi connectivity index (χ2n) is 10.0. The highest BCUT2D eigenvalue weighted by molar-refractivity contribution is 6.11. The first-order valence-electron chi connectivity index (χ1n) is 12.1. The highest BCUT2D eigenvalue weighted by Crippen LogP contribution is 2.41. The average molecular weight is 484 g/mol. The molecule has 6 rings (SSSR count). The molecule has 0 aliphatic rings. The first-order valence-corrected chi connectivity index (χ1v) is 12.1. The number of para-hydroxylation sites is 1. The maximum absolute atomic E-state index is 7.87. The molecule has 0 saturated carbocycles. The van der Waals surface area contributed by atoms with Gasteiger partial charge >= 0.3 is 0 Å². The molecule has 3 heterocycles. The van der Waals surface area contributed by atoms with Crippen LogP contribution in [0.2, 0.25) is 0 Å². The van der Waals surface area contributed by atoms with E-state index in [1.807, 2.05) is 67.0 Å². The Kier molecular flexibility index (Phi) is 5.27. The van der Waals surface area contributed by atoms with Crippen LogP contribution in [0.5, 0.6) is 11.5 Å². The summed E-state index contributed by atoms with van der Waals surface area (Å²) in [6.07, 6.45) is 5.48. The zero-order valence-electron chi connectivity index (χ0n) is 20.9. The normalized spacial score (nSPS) is 11.6. The number of aromatic nitrogens is 4. The number of hydrogen-bond donors (Lipinski definition) is 0. The van der Waals surface area contributed by atoms with Gasteiger partial charge in [0.1, 0.15) is 17.3 Å². The van der Waals surface area contributed by atoms with Crippen LogP contribution in [0.25, 0.3) is 38.2 Å². The molecule has 6 nitrogen and oxygen atoms in total. The summed E-state index contributed by atoms with van der Waals surface area (Å²) in [4.78, 5) is 8.55. The second-order valence-corrected chi connectivity index (χ2v) is 10.0. The van der Waals surface area contributed by atoms with Crippen molar-refractivity contribution < 1.29 is 4.74 Å². The van der Waals surface area contributed by atoms with Crippen molar-refractivity contribution >= 4 is 27.5 Å². The monoisotopic (exact) mass is 483 g/mol. The van der Waals surface area contributed by atoms with Crippen molar-refractivity contribution in [1.82, 2.24) is 19.3 Å². The average Bonchev–Trinajstić information content (AvgIpc) is 3.55. The summed E-state index contributed by atoms with van der Waals surface area (Å²) in [6, 6.07) is 25.9. The summed E-state index contributed by atoms with van der Waals surface area (Å²) in [5.74, 6) is 1.96. The molecule has 0 N–H and O–H groups in total. The SMILES string of the molecule is [C-]#[N+]c1cc2c3ccccc3n(-c3cc(C(C)(C)C)ccn3)c2cc1Oc1cccc(-n2cccn2)c1. The van der Waals surface area contributed by atoms with Gasteiger partial charge in [0.25, 0.3) is 0 Å². The minimum atomic E-state index is -0.0123. The Balaban J connectivity index is 1.55. The molecule has 3 aromatic heterocycles. The van der Waals surface area contributed by atoms with Crippen molar-refractivity contribution in [3.05, 3.63) is 114 Å². The number of nitrogens with zero attached hydrogens (tertiary/aromatic N) is 5. The summed E-state index contributed by atoms with van der Waals surface area (Å²) in [5, 5.41) is 6.36. The van der Waals surface area contributed by atoms with E-state index in [4.69, 9.17) is 16.3 Å². The van der Waals surface area contributed by atoms with E-state index in [2.05, 4.69) is 59.5 Å². The fraction of sp³-hybridized carbons (Fsp3) is 0.129. The minimum absolute atomic E-state index is 0.0123. The molecule has 0 spiro atoms. The Morgan fingerprint density at radius 1 is 0.838 bits per heavy atom. The zero-order valence-corrected chi connectivity index (χ0v) is 20.9. The van der Waals surface area contributed by atoms with Gasteiger partial charge in [0, 0.05) is 30.0 Å². The number of ether oxygens (including phenoxy) is 1. The lowest BCUT2D eigenvalue weighted by molar-refractivity contribution is 0.485. The molecular formula is C31H25N5O. The largest absolute Gasteiger partial charge is 0.468 e. The van der Waals surface area contributed by atoms with Crippen molar-refractivity contribution in [2.75, 3.05) is 0 Å². The lowest BCUT2D eigenvalue weighted by atomic mass is 9.88. The molecule has 180 valence electrons. The van der Waals surface area contributed by atoms with Gasteiger partial charge in [-0.05, 0) is 64.9 Å². The molecule has 0 fully saturated rings. The van der Waals surface area contributed by atoms with E-state index in [1.165, 1.54) is 5.56 Å². The van der Waals surface area contributed by atoms with Gasteiger partial charge in [-0.25, -0.2) is 14.5 Å². The topological polar surface area (TPSA) is 49.2 Å². The predicted molar refractivity (Wildman–Crippen MR) is 147 cm³/mol. The molecule has 3 aromatic carbocycles. The fourth-order valence-electron chi connectivity index (χ4n) is 4.65. The minimum Gasteiger partial charge on any atom is -0.468 e. The third-order valence-corrected chi connectivity index (χ3v) is 6.53. The van der Waals surface area contributed by atoms with Crippen LogP contribution in [0.4, 0.5) is 5.69 Å². The summed E-state index contributed by atoms with van der Waals surface area (Å²) in [7, 11) is 0. The summed E-state index contributed by atoms with van der Waals surface area (Å²) >= 11 is 0. The van der Waals surface area contributed by atoms with Crippen LogP contribution < -0.4 is 4.74 Å². The Morgan fingerprint density at radius 3 is 2.49 bits per heavy atom. The number of rotatable bonds is 4. The van der Waals surface area contributed by atoms with E-state index in [0.29, 0.717) is 17.2 Å². The number of fused-ring (bicyclic) bond motifs is 3. The number of benzene rings is 3. The number of hydrogen-bond acceptors (Lipinski definition) is 3. The maximum atomic E-state index is 7.87. The maximum Gasteiger partial charge on any atom is 0.229 e. The molecule has 0 aliphatic carbocycles. The van der Waals surface area contributed by atoms with Gasteiger partial charge in [0.15, 0.2) is 0 Å². The summed E-state index contributed by atoms with van der Waals surface area (Å²) in [5.41, 5.74) is 4.49. The van der Waals surface area contributed by atoms with Crippen molar-refractivity contribution in [1.29, 1.82) is 0 Å². The van der Waals surface area contributed by atoms with Crippen molar-refractivity contribution in [3.63, 3.8) is 0 Å². The molecule has 0 aliphatic heterocycles. The smallest absolute Gasteiger partial charge is 0.229 e.